The Morgan fingerprint density at radius 2 is 1.63 bits per heavy atom. The van der Waals surface area contributed by atoms with E-state index in [4.69, 9.17) is 4.98 Å². The SMILES string of the molecule is C=Cc1nc(-c2cc(C)c3ncn(Cc4ccc(-c5ccccc5C(=O)O)cc4)c3c2)n(C)c1C=C.CC.CCCCC. The number of rotatable bonds is 9. The van der Waals surface area contributed by atoms with Gasteiger partial charge in [0.25, 0.3) is 0 Å². The Balaban J connectivity index is 0.000000657. The third-order valence-electron chi connectivity index (χ3n) is 7.21. The third-order valence-corrected chi connectivity index (χ3v) is 7.21. The number of aryl methyl sites for hydroxylation is 1. The molecule has 0 radical (unpaired) electrons. The molecule has 2 aromatic heterocycles. The van der Waals surface area contributed by atoms with Crippen molar-refractivity contribution in [3.63, 3.8) is 0 Å². The van der Waals surface area contributed by atoms with Gasteiger partial charge in [-0.2, -0.15) is 0 Å². The third kappa shape index (κ3) is 7.39. The van der Waals surface area contributed by atoms with Crippen molar-refractivity contribution in [2.75, 3.05) is 0 Å². The Labute approximate surface area is 256 Å². The lowest BCUT2D eigenvalue weighted by molar-refractivity contribution is 0.0697. The summed E-state index contributed by atoms with van der Waals surface area (Å²) in [4.78, 5) is 21.0. The summed E-state index contributed by atoms with van der Waals surface area (Å²) in [6.07, 6.45) is 9.47. The van der Waals surface area contributed by atoms with Gasteiger partial charge in [0.2, 0.25) is 0 Å². The number of aromatic carboxylic acids is 1. The number of hydrogen-bond acceptors (Lipinski definition) is 3. The van der Waals surface area contributed by atoms with Crippen LogP contribution in [0, 0.1) is 6.92 Å². The number of aromatic nitrogens is 4. The molecular weight excluding hydrogens is 532 g/mol. The molecule has 43 heavy (non-hydrogen) atoms. The minimum absolute atomic E-state index is 0.294. The first-order valence-corrected chi connectivity index (χ1v) is 15.0. The zero-order valence-electron chi connectivity index (χ0n) is 26.4. The Bertz CT molecular complexity index is 1690. The number of nitrogens with zero attached hydrogens (tertiary/aromatic N) is 4. The first-order valence-electron chi connectivity index (χ1n) is 15.0. The van der Waals surface area contributed by atoms with E-state index in [1.54, 1.807) is 24.3 Å². The van der Waals surface area contributed by atoms with Crippen molar-refractivity contribution < 1.29 is 9.90 Å². The number of benzene rings is 3. The van der Waals surface area contributed by atoms with Crippen LogP contribution < -0.4 is 0 Å². The zero-order chi connectivity index (χ0) is 31.5. The highest BCUT2D eigenvalue weighted by Gasteiger charge is 2.16. The highest BCUT2D eigenvalue weighted by atomic mass is 16.4. The average molecular weight is 577 g/mol. The Hall–Kier alpha value is -4.71. The van der Waals surface area contributed by atoms with Crippen LogP contribution in [0.25, 0.3) is 45.7 Å². The molecule has 0 unspecified atom stereocenters. The van der Waals surface area contributed by atoms with Gasteiger partial charge in [-0.15, -0.1) is 0 Å². The van der Waals surface area contributed by atoms with E-state index in [0.29, 0.717) is 17.7 Å². The molecule has 0 aliphatic carbocycles. The van der Waals surface area contributed by atoms with Gasteiger partial charge in [0.15, 0.2) is 0 Å². The molecule has 0 aliphatic rings. The fraction of sp³-hybridized carbons (Fsp3) is 0.270. The topological polar surface area (TPSA) is 72.9 Å². The van der Waals surface area contributed by atoms with Crippen LogP contribution in [0.3, 0.4) is 0 Å². The van der Waals surface area contributed by atoms with Crippen LogP contribution in [0.15, 0.2) is 80.1 Å². The quantitative estimate of drug-likeness (QED) is 0.190. The van der Waals surface area contributed by atoms with E-state index in [0.717, 1.165) is 50.5 Å². The normalized spacial score (nSPS) is 10.4. The number of carboxylic acids is 1. The first-order chi connectivity index (χ1) is 20.8. The van der Waals surface area contributed by atoms with Crippen molar-refractivity contribution in [1.82, 2.24) is 19.1 Å². The molecule has 2 heterocycles. The summed E-state index contributed by atoms with van der Waals surface area (Å²) < 4.78 is 4.15. The van der Waals surface area contributed by atoms with Gasteiger partial charge >= 0.3 is 5.97 Å². The average Bonchev–Trinajstić information content (AvgIpc) is 3.59. The second-order valence-electron chi connectivity index (χ2n) is 10.1. The molecule has 0 saturated carbocycles. The Kier molecular flexibility index (Phi) is 11.8. The summed E-state index contributed by atoms with van der Waals surface area (Å²) in [5.41, 5.74) is 8.74. The minimum atomic E-state index is -0.932. The highest BCUT2D eigenvalue weighted by molar-refractivity contribution is 5.96. The molecule has 0 fully saturated rings. The largest absolute Gasteiger partial charge is 0.478 e. The lowest BCUT2D eigenvalue weighted by Crippen LogP contribution is -2.01. The number of carbonyl (C=O) groups is 1. The molecule has 6 heteroatoms. The monoisotopic (exact) mass is 576 g/mol. The van der Waals surface area contributed by atoms with Gasteiger partial charge in [0, 0.05) is 19.2 Å². The molecule has 0 bridgehead atoms. The van der Waals surface area contributed by atoms with E-state index in [1.807, 2.05) is 68.2 Å². The van der Waals surface area contributed by atoms with Crippen molar-refractivity contribution in [3.8, 4) is 22.5 Å². The van der Waals surface area contributed by atoms with Crippen molar-refractivity contribution in [2.24, 2.45) is 7.05 Å². The van der Waals surface area contributed by atoms with Crippen LogP contribution in [0.1, 0.15) is 79.8 Å². The maximum atomic E-state index is 11.6. The van der Waals surface area contributed by atoms with E-state index in [1.165, 1.54) is 19.3 Å². The van der Waals surface area contributed by atoms with E-state index in [-0.39, 0.29) is 0 Å². The second-order valence-corrected chi connectivity index (χ2v) is 10.1. The number of imidazole rings is 2. The highest BCUT2D eigenvalue weighted by Crippen LogP contribution is 2.29. The van der Waals surface area contributed by atoms with Crippen LogP contribution >= 0.6 is 0 Å². The van der Waals surface area contributed by atoms with E-state index >= 15 is 0 Å². The van der Waals surface area contributed by atoms with E-state index < -0.39 is 5.97 Å². The molecule has 5 rings (SSSR count). The summed E-state index contributed by atoms with van der Waals surface area (Å²) in [6.45, 7) is 18.9. The lowest BCUT2D eigenvalue weighted by atomic mass is 9.99. The van der Waals surface area contributed by atoms with Gasteiger partial charge in [-0.25, -0.2) is 14.8 Å². The van der Waals surface area contributed by atoms with Gasteiger partial charge in [-0.05, 0) is 59.5 Å². The Morgan fingerprint density at radius 1 is 0.953 bits per heavy atom. The van der Waals surface area contributed by atoms with Crippen LogP contribution in [-0.2, 0) is 13.6 Å². The zero-order valence-corrected chi connectivity index (χ0v) is 26.4. The maximum absolute atomic E-state index is 11.6. The molecular formula is C37H44N4O2. The van der Waals surface area contributed by atoms with E-state index in [2.05, 4.69) is 55.6 Å². The number of carboxylic acid groups (broad SMARTS) is 1. The molecule has 0 amide bonds. The standard InChI is InChI=1S/C30H26N4O2.C5H12.C2H6/c1-5-25-26(6-2)33(4)29(32-25)22-15-19(3)28-27(16-22)34(18-31-28)17-20-11-13-21(14-12-20)23-9-7-8-10-24(23)30(35)36;1-3-5-4-2;1-2/h5-16,18H,1-2,17H2,3-4H3,(H,35,36);3-5H2,1-2H3;1-2H3. The molecule has 0 saturated heterocycles. The van der Waals surface area contributed by atoms with Gasteiger partial charge in [-0.3, -0.25) is 0 Å². The second kappa shape index (κ2) is 15.5. The molecule has 1 N–H and O–H groups in total. The van der Waals surface area contributed by atoms with Crippen LogP contribution in [0.4, 0.5) is 0 Å². The summed E-state index contributed by atoms with van der Waals surface area (Å²) in [5.74, 6) is -0.0853. The number of fused-ring (bicyclic) bond motifs is 1. The van der Waals surface area contributed by atoms with Crippen LogP contribution in [0.5, 0.6) is 0 Å². The summed E-state index contributed by atoms with van der Waals surface area (Å²) in [7, 11) is 1.98. The molecule has 3 aromatic carbocycles. The predicted molar refractivity (Wildman–Crippen MR) is 181 cm³/mol. The maximum Gasteiger partial charge on any atom is 0.336 e. The van der Waals surface area contributed by atoms with Gasteiger partial charge in [-0.1, -0.05) is 103 Å². The van der Waals surface area contributed by atoms with E-state index in [9.17, 15) is 9.90 Å². The molecule has 5 aromatic rings. The fourth-order valence-electron chi connectivity index (χ4n) is 5.04. The first kappa shape index (κ1) is 32.8. The summed E-state index contributed by atoms with van der Waals surface area (Å²) in [6, 6.07) is 19.3. The van der Waals surface area contributed by atoms with Gasteiger partial charge in [0.1, 0.15) is 5.82 Å². The number of unbranched alkanes of at least 4 members (excludes halogenated alkanes) is 2. The number of hydrogen-bond donors (Lipinski definition) is 1. The predicted octanol–water partition coefficient (Wildman–Crippen LogP) is 9.67. The van der Waals surface area contributed by atoms with Crippen molar-refractivity contribution in [3.05, 3.63) is 108 Å². The van der Waals surface area contributed by atoms with Crippen LogP contribution in [0.2, 0.25) is 0 Å². The smallest absolute Gasteiger partial charge is 0.336 e. The van der Waals surface area contributed by atoms with Gasteiger partial charge in [0.05, 0.1) is 34.3 Å². The van der Waals surface area contributed by atoms with Crippen molar-refractivity contribution >= 4 is 29.2 Å². The molecule has 0 atom stereocenters. The Morgan fingerprint density at radius 3 is 2.19 bits per heavy atom. The fourth-order valence-corrected chi connectivity index (χ4v) is 5.04. The molecule has 6 nitrogen and oxygen atoms in total. The van der Waals surface area contributed by atoms with Crippen LogP contribution in [-0.4, -0.2) is 30.2 Å². The van der Waals surface area contributed by atoms with Crippen molar-refractivity contribution in [2.45, 2.75) is 60.4 Å². The molecule has 224 valence electrons. The minimum Gasteiger partial charge on any atom is -0.478 e. The summed E-state index contributed by atoms with van der Waals surface area (Å²) in [5, 5.41) is 9.52. The van der Waals surface area contributed by atoms with Crippen molar-refractivity contribution in [1.29, 1.82) is 0 Å². The molecule has 0 aliphatic heterocycles. The molecule has 0 spiro atoms. The summed E-state index contributed by atoms with van der Waals surface area (Å²) >= 11 is 0. The van der Waals surface area contributed by atoms with Gasteiger partial charge < -0.3 is 14.2 Å². The lowest BCUT2D eigenvalue weighted by Gasteiger charge is -2.10.